The summed E-state index contributed by atoms with van der Waals surface area (Å²) >= 11 is 12.3. The molecule has 1 aliphatic rings. The highest BCUT2D eigenvalue weighted by molar-refractivity contribution is 6.35. The van der Waals surface area contributed by atoms with Crippen molar-refractivity contribution in [3.05, 3.63) is 45.1 Å². The van der Waals surface area contributed by atoms with Crippen molar-refractivity contribution in [3.63, 3.8) is 0 Å². The second kappa shape index (κ2) is 8.26. The second-order valence-electron chi connectivity index (χ2n) is 6.08. The highest BCUT2D eigenvalue weighted by Crippen LogP contribution is 2.32. The van der Waals surface area contributed by atoms with Crippen LogP contribution in [0.4, 0.5) is 5.82 Å². The van der Waals surface area contributed by atoms with Crippen LogP contribution in [-0.4, -0.2) is 58.4 Å². The van der Waals surface area contributed by atoms with Crippen LogP contribution in [0.15, 0.2) is 18.2 Å². The van der Waals surface area contributed by atoms with Crippen LogP contribution in [0.1, 0.15) is 27.7 Å². The molecule has 1 atom stereocenters. The van der Waals surface area contributed by atoms with Gasteiger partial charge in [0.1, 0.15) is 11.7 Å². The Hall–Kier alpha value is -2.13. The third-order valence-electron chi connectivity index (χ3n) is 4.38. The van der Waals surface area contributed by atoms with E-state index >= 15 is 0 Å². The van der Waals surface area contributed by atoms with E-state index < -0.39 is 12.0 Å². The molecule has 0 aliphatic carbocycles. The van der Waals surface area contributed by atoms with Crippen molar-refractivity contribution in [2.24, 2.45) is 0 Å². The van der Waals surface area contributed by atoms with Crippen molar-refractivity contribution in [2.45, 2.75) is 13.0 Å². The van der Waals surface area contributed by atoms with Crippen LogP contribution in [0, 0.1) is 6.92 Å². The topological polar surface area (TPSA) is 108 Å². The van der Waals surface area contributed by atoms with E-state index in [1.165, 1.54) is 0 Å². The number of aromatic amines is 1. The molecule has 0 saturated carbocycles. The quantitative estimate of drug-likeness (QED) is 0.696. The Bertz CT molecular complexity index is 865. The van der Waals surface area contributed by atoms with Crippen LogP contribution in [0.2, 0.25) is 10.0 Å². The van der Waals surface area contributed by atoms with E-state index in [2.05, 4.69) is 15.5 Å². The lowest BCUT2D eigenvalue weighted by molar-refractivity contribution is -0.123. The normalized spacial score (nSPS) is 16.1. The summed E-state index contributed by atoms with van der Waals surface area (Å²) in [5.74, 6) is -1.35. The Kier molecular flexibility index (Phi) is 6.01. The number of hydrogen-bond acceptors (Lipinski definition) is 5. The van der Waals surface area contributed by atoms with E-state index in [4.69, 9.17) is 33.0 Å². The van der Waals surface area contributed by atoms with E-state index in [9.17, 15) is 9.59 Å². The summed E-state index contributed by atoms with van der Waals surface area (Å²) in [7, 11) is 0. The van der Waals surface area contributed by atoms with Gasteiger partial charge >= 0.3 is 5.97 Å². The number of nitrogens with one attached hydrogen (secondary N) is 2. The molecule has 2 aromatic rings. The highest BCUT2D eigenvalue weighted by Gasteiger charge is 2.32. The minimum Gasteiger partial charge on any atom is -0.477 e. The lowest BCUT2D eigenvalue weighted by atomic mass is 10.0. The number of rotatable bonds is 5. The van der Waals surface area contributed by atoms with Crippen LogP contribution in [-0.2, 0) is 9.53 Å². The molecule has 1 aromatic heterocycles. The van der Waals surface area contributed by atoms with E-state index in [1.54, 1.807) is 25.1 Å². The fourth-order valence-electron chi connectivity index (χ4n) is 2.98. The summed E-state index contributed by atoms with van der Waals surface area (Å²) in [6.45, 7) is 3.68. The van der Waals surface area contributed by atoms with Gasteiger partial charge in [0.2, 0.25) is 5.91 Å². The zero-order valence-electron chi connectivity index (χ0n) is 14.5. The van der Waals surface area contributed by atoms with Crippen LogP contribution in [0.3, 0.4) is 0 Å². The molecular weight excluding hydrogens is 395 g/mol. The summed E-state index contributed by atoms with van der Waals surface area (Å²) in [4.78, 5) is 26.2. The van der Waals surface area contributed by atoms with E-state index in [0.717, 1.165) is 0 Å². The number of ether oxygens (including phenoxy) is 1. The van der Waals surface area contributed by atoms with Crippen LogP contribution in [0.5, 0.6) is 0 Å². The van der Waals surface area contributed by atoms with Crippen molar-refractivity contribution >= 4 is 40.9 Å². The van der Waals surface area contributed by atoms with E-state index in [-0.39, 0.29) is 17.4 Å². The number of aromatic nitrogens is 2. The highest BCUT2D eigenvalue weighted by atomic mass is 35.5. The van der Waals surface area contributed by atoms with Gasteiger partial charge in [0.15, 0.2) is 5.82 Å². The standard InChI is InChI=1S/C17H18Cl2N4O4/c1-9-13(17(25)26)21-22-15(9)20-16(24)14(23-4-6-27-7-5-23)11-3-2-10(18)8-12(11)19/h2-3,8,14H,4-7H2,1H3,(H,25,26)(H2,20,21,22,24). The average molecular weight is 413 g/mol. The maximum Gasteiger partial charge on any atom is 0.354 e. The van der Waals surface area contributed by atoms with Gasteiger partial charge in [0.05, 0.1) is 13.2 Å². The van der Waals surface area contributed by atoms with Crippen LogP contribution in [0.25, 0.3) is 0 Å². The number of amides is 1. The monoisotopic (exact) mass is 412 g/mol. The lowest BCUT2D eigenvalue weighted by Crippen LogP contribution is -2.44. The molecule has 8 nitrogen and oxygen atoms in total. The smallest absolute Gasteiger partial charge is 0.354 e. The van der Waals surface area contributed by atoms with Crippen LogP contribution < -0.4 is 5.32 Å². The number of carboxylic acids is 1. The number of hydrogen-bond donors (Lipinski definition) is 3. The Morgan fingerprint density at radius 1 is 1.33 bits per heavy atom. The first-order valence-electron chi connectivity index (χ1n) is 8.24. The molecule has 144 valence electrons. The molecule has 10 heteroatoms. The number of H-pyrrole nitrogens is 1. The molecule has 1 amide bonds. The Morgan fingerprint density at radius 2 is 2.04 bits per heavy atom. The molecule has 1 saturated heterocycles. The molecule has 0 radical (unpaired) electrons. The number of carbonyl (C=O) groups is 2. The molecular formula is C17H18Cl2N4O4. The van der Waals surface area contributed by atoms with Gasteiger partial charge in [0, 0.05) is 28.7 Å². The molecule has 0 bridgehead atoms. The number of benzene rings is 1. The number of nitrogens with zero attached hydrogens (tertiary/aromatic N) is 2. The zero-order valence-corrected chi connectivity index (χ0v) is 16.0. The molecule has 0 spiro atoms. The lowest BCUT2D eigenvalue weighted by Gasteiger charge is -2.34. The summed E-state index contributed by atoms with van der Waals surface area (Å²) in [5.41, 5.74) is 0.878. The number of morpholine rings is 1. The third kappa shape index (κ3) is 4.24. The molecule has 27 heavy (non-hydrogen) atoms. The van der Waals surface area contributed by atoms with Gasteiger partial charge in [-0.05, 0) is 24.6 Å². The molecule has 1 unspecified atom stereocenters. The number of aromatic carboxylic acids is 1. The minimum atomic E-state index is -1.15. The van der Waals surface area contributed by atoms with Gasteiger partial charge < -0.3 is 15.2 Å². The largest absolute Gasteiger partial charge is 0.477 e. The summed E-state index contributed by atoms with van der Waals surface area (Å²) < 4.78 is 5.37. The van der Waals surface area contributed by atoms with Crippen molar-refractivity contribution < 1.29 is 19.4 Å². The van der Waals surface area contributed by atoms with Gasteiger partial charge in [-0.25, -0.2) is 4.79 Å². The SMILES string of the molecule is Cc1c(NC(=O)C(c2ccc(Cl)cc2Cl)N2CCOCC2)n[nH]c1C(=O)O. The zero-order chi connectivity index (χ0) is 19.6. The summed E-state index contributed by atoms with van der Waals surface area (Å²) in [6.07, 6.45) is 0. The first-order valence-corrected chi connectivity index (χ1v) is 9.00. The van der Waals surface area contributed by atoms with Crippen molar-refractivity contribution in [1.82, 2.24) is 15.1 Å². The van der Waals surface area contributed by atoms with E-state index in [0.29, 0.717) is 47.5 Å². The Balaban J connectivity index is 1.92. The van der Waals surface area contributed by atoms with Gasteiger partial charge in [0.25, 0.3) is 0 Å². The van der Waals surface area contributed by atoms with Gasteiger partial charge in [-0.15, -0.1) is 0 Å². The Morgan fingerprint density at radius 3 is 2.63 bits per heavy atom. The molecule has 2 heterocycles. The fraction of sp³-hybridized carbons (Fsp3) is 0.353. The number of carbonyl (C=O) groups excluding carboxylic acids is 1. The van der Waals surface area contributed by atoms with E-state index in [1.807, 2.05) is 4.90 Å². The fourth-order valence-corrected chi connectivity index (χ4v) is 3.49. The Labute approximate surface area is 165 Å². The summed E-state index contributed by atoms with van der Waals surface area (Å²) in [5, 5.41) is 19.0. The number of halogens is 2. The van der Waals surface area contributed by atoms with Crippen LogP contribution >= 0.6 is 23.2 Å². The van der Waals surface area contributed by atoms with Gasteiger partial charge in [-0.1, -0.05) is 29.3 Å². The van der Waals surface area contributed by atoms with Gasteiger partial charge in [-0.3, -0.25) is 14.8 Å². The maximum absolute atomic E-state index is 13.1. The molecule has 1 aliphatic heterocycles. The molecule has 1 fully saturated rings. The first-order chi connectivity index (χ1) is 12.9. The summed E-state index contributed by atoms with van der Waals surface area (Å²) in [6, 6.07) is 4.28. The average Bonchev–Trinajstić information content (AvgIpc) is 2.99. The molecule has 3 N–H and O–H groups in total. The first kappa shape index (κ1) is 19.6. The van der Waals surface area contributed by atoms with Gasteiger partial charge in [-0.2, -0.15) is 5.10 Å². The third-order valence-corrected chi connectivity index (χ3v) is 4.94. The van der Waals surface area contributed by atoms with Crippen molar-refractivity contribution in [3.8, 4) is 0 Å². The molecule has 1 aromatic carbocycles. The predicted molar refractivity (Wildman–Crippen MR) is 101 cm³/mol. The maximum atomic E-state index is 13.1. The minimum absolute atomic E-state index is 0.0715. The van der Waals surface area contributed by atoms with Crippen molar-refractivity contribution in [1.29, 1.82) is 0 Å². The van der Waals surface area contributed by atoms with Crippen molar-refractivity contribution in [2.75, 3.05) is 31.6 Å². The predicted octanol–water partition coefficient (Wildman–Crippen LogP) is 2.74. The number of carboxylic acid groups (broad SMARTS) is 1. The number of anilines is 1. The molecule has 3 rings (SSSR count). The second-order valence-corrected chi connectivity index (χ2v) is 6.93.